The van der Waals surface area contributed by atoms with E-state index in [9.17, 15) is 9.18 Å². The Morgan fingerprint density at radius 2 is 2.11 bits per heavy atom. The number of hydrogen-bond donors (Lipinski definition) is 2. The molecule has 0 aliphatic carbocycles. The topological polar surface area (TPSA) is 76.7 Å². The maximum Gasteiger partial charge on any atom is 0.332 e. The molecule has 5 nitrogen and oxygen atoms in total. The van der Waals surface area contributed by atoms with Crippen molar-refractivity contribution in [2.45, 2.75) is 0 Å². The third-order valence-corrected chi connectivity index (χ3v) is 2.64. The smallest absolute Gasteiger partial charge is 0.332 e. The van der Waals surface area contributed by atoms with Gasteiger partial charge in [0.2, 0.25) is 0 Å². The molecule has 3 aromatic rings. The van der Waals surface area contributed by atoms with E-state index < -0.39 is 11.5 Å². The number of fused-ring (bicyclic) bond motifs is 1. The Hall–Kier alpha value is -2.63. The maximum atomic E-state index is 13.7. The molecule has 0 amide bonds. The Balaban J connectivity index is 2.40. The number of rotatable bonds is 1. The zero-order valence-corrected chi connectivity index (χ0v) is 9.22. The van der Waals surface area contributed by atoms with Gasteiger partial charge in [0.25, 0.3) is 0 Å². The molecular weight excluding hydrogens is 235 g/mol. The molecule has 90 valence electrons. The number of nitrogens with two attached hydrogens (primary N) is 1. The molecule has 6 heteroatoms. The first-order valence-electron chi connectivity index (χ1n) is 5.28. The lowest BCUT2D eigenvalue weighted by atomic mass is 10.3. The number of H-pyrrole nitrogens is 1. The summed E-state index contributed by atoms with van der Waals surface area (Å²) in [6.45, 7) is 0. The zero-order chi connectivity index (χ0) is 12.7. The fourth-order valence-corrected chi connectivity index (χ4v) is 1.87. The second-order valence-corrected chi connectivity index (χ2v) is 3.86. The van der Waals surface area contributed by atoms with Gasteiger partial charge in [-0.3, -0.25) is 0 Å². The highest BCUT2D eigenvalue weighted by Gasteiger charge is 2.12. The van der Waals surface area contributed by atoms with Gasteiger partial charge in [0, 0.05) is 0 Å². The van der Waals surface area contributed by atoms with Crippen molar-refractivity contribution in [3.05, 3.63) is 52.8 Å². The van der Waals surface area contributed by atoms with Crippen LogP contribution < -0.4 is 11.4 Å². The Morgan fingerprint density at radius 1 is 1.33 bits per heavy atom. The van der Waals surface area contributed by atoms with Gasteiger partial charge in [-0.25, -0.2) is 18.7 Å². The molecule has 3 N–H and O–H groups in total. The van der Waals surface area contributed by atoms with Crippen molar-refractivity contribution in [2.24, 2.45) is 0 Å². The molecule has 0 aliphatic heterocycles. The van der Waals surface area contributed by atoms with E-state index in [1.165, 1.54) is 22.9 Å². The summed E-state index contributed by atoms with van der Waals surface area (Å²) in [4.78, 5) is 18.5. The molecule has 0 radical (unpaired) electrons. The van der Waals surface area contributed by atoms with Gasteiger partial charge in [0.15, 0.2) is 5.65 Å². The number of nitrogens with one attached hydrogen (secondary N) is 1. The average molecular weight is 244 g/mol. The number of nitrogen functional groups attached to an aromatic ring is 1. The Kier molecular flexibility index (Phi) is 2.16. The van der Waals surface area contributed by atoms with E-state index >= 15 is 0 Å². The van der Waals surface area contributed by atoms with Crippen LogP contribution in [-0.4, -0.2) is 14.5 Å². The van der Waals surface area contributed by atoms with Gasteiger partial charge in [-0.15, -0.1) is 0 Å². The van der Waals surface area contributed by atoms with E-state index in [-0.39, 0.29) is 5.69 Å². The molecule has 18 heavy (non-hydrogen) atoms. The molecule has 3 rings (SSSR count). The number of para-hydroxylation sites is 1. The minimum Gasteiger partial charge on any atom is -0.397 e. The van der Waals surface area contributed by atoms with Crippen LogP contribution in [0.25, 0.3) is 16.9 Å². The summed E-state index contributed by atoms with van der Waals surface area (Å²) in [5.74, 6) is -0.487. The molecule has 0 fully saturated rings. The molecule has 0 saturated heterocycles. The van der Waals surface area contributed by atoms with Gasteiger partial charge in [-0.05, 0) is 18.2 Å². The van der Waals surface area contributed by atoms with Crippen molar-refractivity contribution in [3.8, 4) is 5.69 Å². The van der Waals surface area contributed by atoms with Crippen LogP contribution in [0, 0.1) is 5.82 Å². The Morgan fingerprint density at radius 3 is 2.89 bits per heavy atom. The normalized spacial score (nSPS) is 10.9. The third kappa shape index (κ3) is 1.46. The zero-order valence-electron chi connectivity index (χ0n) is 9.22. The number of pyridine rings is 1. The predicted octanol–water partition coefficient (Wildman–Crippen LogP) is 1.44. The van der Waals surface area contributed by atoms with Crippen LogP contribution in [-0.2, 0) is 0 Å². The fourth-order valence-electron chi connectivity index (χ4n) is 1.87. The molecular formula is C12H9FN4O. The van der Waals surface area contributed by atoms with E-state index in [1.807, 2.05) is 0 Å². The standard InChI is InChI=1S/C12H9FN4O/c13-8-3-1-2-4-10(8)17-11-9(16-12(17)18)5-7(14)6-15-11/h1-6H,14H2,(H,16,18). The summed E-state index contributed by atoms with van der Waals surface area (Å²) in [5.41, 5.74) is 6.55. The summed E-state index contributed by atoms with van der Waals surface area (Å²) in [6, 6.07) is 7.60. The minimum absolute atomic E-state index is 0.158. The van der Waals surface area contributed by atoms with Gasteiger partial charge in [-0.2, -0.15) is 0 Å². The summed E-state index contributed by atoms with van der Waals surface area (Å²) >= 11 is 0. The number of hydrogen-bond acceptors (Lipinski definition) is 3. The molecule has 0 aliphatic rings. The van der Waals surface area contributed by atoms with E-state index in [4.69, 9.17) is 5.73 Å². The number of imidazole rings is 1. The van der Waals surface area contributed by atoms with Crippen molar-refractivity contribution in [1.29, 1.82) is 0 Å². The molecule has 2 heterocycles. The summed E-state index contributed by atoms with van der Waals surface area (Å²) in [6.07, 6.45) is 1.42. The monoisotopic (exact) mass is 244 g/mol. The number of aromatic nitrogens is 3. The highest BCUT2D eigenvalue weighted by molar-refractivity contribution is 5.76. The van der Waals surface area contributed by atoms with Crippen LogP contribution >= 0.6 is 0 Å². The highest BCUT2D eigenvalue weighted by atomic mass is 19.1. The van der Waals surface area contributed by atoms with E-state index in [0.29, 0.717) is 16.9 Å². The summed E-state index contributed by atoms with van der Waals surface area (Å²) in [5, 5.41) is 0. The van der Waals surface area contributed by atoms with E-state index in [1.54, 1.807) is 18.2 Å². The minimum atomic E-state index is -0.487. The largest absolute Gasteiger partial charge is 0.397 e. The Bertz CT molecular complexity index is 790. The molecule has 0 spiro atoms. The predicted molar refractivity (Wildman–Crippen MR) is 66.1 cm³/mol. The summed E-state index contributed by atoms with van der Waals surface area (Å²) in [7, 11) is 0. The lowest BCUT2D eigenvalue weighted by Gasteiger charge is -2.03. The van der Waals surface area contributed by atoms with Crippen LogP contribution in [0.2, 0.25) is 0 Å². The number of anilines is 1. The number of halogens is 1. The number of aromatic amines is 1. The highest BCUT2D eigenvalue weighted by Crippen LogP contribution is 2.17. The van der Waals surface area contributed by atoms with Crippen LogP contribution in [0.4, 0.5) is 10.1 Å². The van der Waals surface area contributed by atoms with Crippen LogP contribution in [0.3, 0.4) is 0 Å². The first-order valence-corrected chi connectivity index (χ1v) is 5.28. The van der Waals surface area contributed by atoms with Crippen molar-refractivity contribution in [2.75, 3.05) is 5.73 Å². The first kappa shape index (κ1) is 10.5. The second-order valence-electron chi connectivity index (χ2n) is 3.86. The number of benzene rings is 1. The Labute approximate surface area is 101 Å². The molecule has 0 bridgehead atoms. The van der Waals surface area contributed by atoms with Gasteiger partial charge < -0.3 is 10.7 Å². The molecule has 2 aromatic heterocycles. The molecule has 0 saturated carbocycles. The van der Waals surface area contributed by atoms with Crippen LogP contribution in [0.1, 0.15) is 0 Å². The van der Waals surface area contributed by atoms with Crippen LogP contribution in [0.5, 0.6) is 0 Å². The van der Waals surface area contributed by atoms with Gasteiger partial charge >= 0.3 is 5.69 Å². The van der Waals surface area contributed by atoms with E-state index in [0.717, 1.165) is 0 Å². The van der Waals surface area contributed by atoms with Crippen molar-refractivity contribution < 1.29 is 4.39 Å². The van der Waals surface area contributed by atoms with Gasteiger partial charge in [-0.1, -0.05) is 12.1 Å². The third-order valence-electron chi connectivity index (χ3n) is 2.64. The number of nitrogens with zero attached hydrogens (tertiary/aromatic N) is 2. The lowest BCUT2D eigenvalue weighted by Crippen LogP contribution is -2.16. The summed E-state index contributed by atoms with van der Waals surface area (Å²) < 4.78 is 14.9. The molecule has 0 atom stereocenters. The van der Waals surface area contributed by atoms with Gasteiger partial charge in [0.1, 0.15) is 5.82 Å². The average Bonchev–Trinajstić information content (AvgIpc) is 2.65. The van der Waals surface area contributed by atoms with E-state index in [2.05, 4.69) is 9.97 Å². The van der Waals surface area contributed by atoms with Crippen LogP contribution in [0.15, 0.2) is 41.3 Å². The van der Waals surface area contributed by atoms with Crippen molar-refractivity contribution in [1.82, 2.24) is 14.5 Å². The SMILES string of the molecule is Nc1cnc2c(c1)[nH]c(=O)n2-c1ccccc1F. The van der Waals surface area contributed by atoms with Crippen molar-refractivity contribution in [3.63, 3.8) is 0 Å². The maximum absolute atomic E-state index is 13.7. The quantitative estimate of drug-likeness (QED) is 0.680. The van der Waals surface area contributed by atoms with Crippen molar-refractivity contribution >= 4 is 16.9 Å². The fraction of sp³-hybridized carbons (Fsp3) is 0. The molecule has 0 unspecified atom stereocenters. The van der Waals surface area contributed by atoms with Gasteiger partial charge in [0.05, 0.1) is 23.1 Å². The molecule has 1 aromatic carbocycles. The second kappa shape index (κ2) is 3.69. The first-order chi connectivity index (χ1) is 8.66. The lowest BCUT2D eigenvalue weighted by molar-refractivity contribution is 0.617.